The summed E-state index contributed by atoms with van der Waals surface area (Å²) in [6.07, 6.45) is 6.32. The van der Waals surface area contributed by atoms with Crippen LogP contribution >= 0.6 is 11.3 Å². The van der Waals surface area contributed by atoms with E-state index in [1.807, 2.05) is 41.3 Å². The Kier molecular flexibility index (Phi) is 7.43. The maximum absolute atomic E-state index is 10.1. The highest BCUT2D eigenvalue weighted by molar-refractivity contribution is 7.16. The van der Waals surface area contributed by atoms with E-state index in [2.05, 4.69) is 26.3 Å². The number of thiazole rings is 1. The average molecular weight is 520 g/mol. The van der Waals surface area contributed by atoms with Crippen LogP contribution in [0.1, 0.15) is 32.3 Å². The Morgan fingerprint density at radius 1 is 1.22 bits per heavy atom. The molecule has 9 nitrogen and oxygen atoms in total. The molecule has 0 aliphatic carbocycles. The standard InChI is InChI=1S/C27H30N6O3S/c1-27(2,34)14-29-13-18(12-28)17-9-22-25(23(10-17)36-20-5-7-35-8-6-20)26(31-15-30-22)33-19-3-4-21-24(11-19)37-16-32-21/h3-4,9-13,15-16,20,28-29,34H,5-8,14H2,1-2H3,(H,30,31,33)/p+1/b18-13+,28-12?. The fraction of sp³-hybridized carbons (Fsp3) is 0.333. The summed E-state index contributed by atoms with van der Waals surface area (Å²) in [5.74, 6) is 1.31. The first-order valence-electron chi connectivity index (χ1n) is 12.3. The zero-order valence-corrected chi connectivity index (χ0v) is 21.7. The number of rotatable bonds is 9. The number of anilines is 2. The molecule has 0 amide bonds. The van der Waals surface area contributed by atoms with E-state index in [9.17, 15) is 5.11 Å². The first kappa shape index (κ1) is 25.2. The molecule has 4 aromatic rings. The number of hydrogen-bond donors (Lipinski definition) is 4. The molecule has 10 heteroatoms. The highest BCUT2D eigenvalue weighted by Gasteiger charge is 2.21. The van der Waals surface area contributed by atoms with Crippen LogP contribution in [0, 0.1) is 5.41 Å². The molecular formula is C27H31N6O3S+. The van der Waals surface area contributed by atoms with E-state index in [0.717, 1.165) is 39.7 Å². The molecule has 2 aromatic heterocycles. The number of quaternary nitrogens is 1. The van der Waals surface area contributed by atoms with Crippen LogP contribution in [0.15, 0.2) is 48.4 Å². The summed E-state index contributed by atoms with van der Waals surface area (Å²) in [6, 6.07) is 9.93. The summed E-state index contributed by atoms with van der Waals surface area (Å²) in [4.78, 5) is 13.5. The second-order valence-corrected chi connectivity index (χ2v) is 10.6. The second kappa shape index (κ2) is 10.9. The lowest BCUT2D eigenvalue weighted by molar-refractivity contribution is -0.601. The number of nitrogens with one attached hydrogen (secondary N) is 2. The lowest BCUT2D eigenvalue weighted by Gasteiger charge is -2.25. The van der Waals surface area contributed by atoms with Crippen LogP contribution in [0.5, 0.6) is 5.75 Å². The van der Waals surface area contributed by atoms with E-state index >= 15 is 0 Å². The van der Waals surface area contributed by atoms with Crippen molar-refractivity contribution in [3.63, 3.8) is 0 Å². The summed E-state index contributed by atoms with van der Waals surface area (Å²) >= 11 is 1.59. The van der Waals surface area contributed by atoms with Crippen LogP contribution in [-0.2, 0) is 4.74 Å². The molecule has 2 aromatic carbocycles. The maximum Gasteiger partial charge on any atom is 0.145 e. The SMILES string of the molecule is CC(C)(O)C[NH2+]/C=C(\C=N)c1cc(OC2CCOCC2)c2c(Nc3ccc4ncsc4c3)ncnc2c1. The number of fused-ring (bicyclic) bond motifs is 2. The van der Waals surface area contributed by atoms with E-state index < -0.39 is 5.60 Å². The van der Waals surface area contributed by atoms with Gasteiger partial charge in [0.2, 0.25) is 0 Å². The summed E-state index contributed by atoms with van der Waals surface area (Å²) in [6.45, 7) is 5.32. The third-order valence-corrected chi connectivity index (χ3v) is 6.95. The second-order valence-electron chi connectivity index (χ2n) is 9.70. The Balaban J connectivity index is 1.56. The summed E-state index contributed by atoms with van der Waals surface area (Å²) in [5, 5.41) is 24.2. The van der Waals surface area contributed by atoms with Gasteiger partial charge >= 0.3 is 0 Å². The Bertz CT molecular complexity index is 1440. The highest BCUT2D eigenvalue weighted by atomic mass is 32.1. The van der Waals surface area contributed by atoms with Gasteiger partial charge in [-0.05, 0) is 49.7 Å². The monoisotopic (exact) mass is 519 g/mol. The lowest BCUT2D eigenvalue weighted by Crippen LogP contribution is -2.82. The van der Waals surface area contributed by atoms with E-state index in [4.69, 9.17) is 14.9 Å². The zero-order chi connectivity index (χ0) is 25.8. The van der Waals surface area contributed by atoms with Crippen molar-refractivity contribution in [3.8, 4) is 5.75 Å². The largest absolute Gasteiger partial charge is 0.489 e. The number of aliphatic hydroxyl groups is 1. The van der Waals surface area contributed by atoms with Gasteiger partial charge in [-0.15, -0.1) is 11.3 Å². The van der Waals surface area contributed by atoms with Crippen LogP contribution in [0.25, 0.3) is 26.7 Å². The first-order chi connectivity index (χ1) is 17.9. The van der Waals surface area contributed by atoms with Crippen molar-refractivity contribution >= 4 is 55.7 Å². The van der Waals surface area contributed by atoms with Crippen LogP contribution in [0.4, 0.5) is 11.5 Å². The van der Waals surface area contributed by atoms with Crippen LogP contribution < -0.4 is 15.4 Å². The van der Waals surface area contributed by atoms with Gasteiger partial charge in [-0.25, -0.2) is 15.0 Å². The number of ether oxygens (including phenoxy) is 2. The predicted molar refractivity (Wildman–Crippen MR) is 147 cm³/mol. The molecule has 0 bridgehead atoms. The van der Waals surface area contributed by atoms with Crippen molar-refractivity contribution in [2.45, 2.75) is 38.4 Å². The molecule has 1 fully saturated rings. The molecule has 1 aliphatic rings. The minimum Gasteiger partial charge on any atom is -0.489 e. The van der Waals surface area contributed by atoms with Gasteiger partial charge in [0.05, 0.1) is 45.4 Å². The highest BCUT2D eigenvalue weighted by Crippen LogP contribution is 2.36. The van der Waals surface area contributed by atoms with Gasteiger partial charge < -0.3 is 30.6 Å². The molecular weight excluding hydrogens is 488 g/mol. The number of allylic oxidation sites excluding steroid dienone is 1. The Hall–Kier alpha value is -3.44. The molecule has 0 unspecified atom stereocenters. The summed E-state index contributed by atoms with van der Waals surface area (Å²) < 4.78 is 13.2. The first-order valence-corrected chi connectivity index (χ1v) is 13.2. The maximum atomic E-state index is 10.1. The van der Waals surface area contributed by atoms with Crippen molar-refractivity contribution < 1.29 is 19.9 Å². The fourth-order valence-electron chi connectivity index (χ4n) is 4.25. The molecule has 5 N–H and O–H groups in total. The molecule has 1 saturated heterocycles. The van der Waals surface area contributed by atoms with E-state index in [1.165, 1.54) is 12.5 Å². The van der Waals surface area contributed by atoms with Crippen LogP contribution in [-0.4, -0.2) is 57.7 Å². The van der Waals surface area contributed by atoms with E-state index in [-0.39, 0.29) is 6.10 Å². The fourth-order valence-corrected chi connectivity index (χ4v) is 4.97. The van der Waals surface area contributed by atoms with Crippen molar-refractivity contribution in [2.24, 2.45) is 0 Å². The third-order valence-electron chi connectivity index (χ3n) is 6.16. The zero-order valence-electron chi connectivity index (χ0n) is 20.9. The molecule has 192 valence electrons. The van der Waals surface area contributed by atoms with Gasteiger partial charge in [0, 0.05) is 24.7 Å². The molecule has 0 radical (unpaired) electrons. The number of benzene rings is 2. The molecule has 0 atom stereocenters. The molecule has 5 rings (SSSR count). The van der Waals surface area contributed by atoms with Crippen molar-refractivity contribution in [2.75, 3.05) is 25.1 Å². The number of hydrogen-bond acceptors (Lipinski definition) is 9. The molecule has 3 heterocycles. The molecule has 37 heavy (non-hydrogen) atoms. The van der Waals surface area contributed by atoms with Gasteiger partial charge in [-0.3, -0.25) is 0 Å². The van der Waals surface area contributed by atoms with Crippen LogP contribution in [0.2, 0.25) is 0 Å². The van der Waals surface area contributed by atoms with Crippen molar-refractivity contribution in [3.05, 3.63) is 53.9 Å². The van der Waals surface area contributed by atoms with Crippen LogP contribution in [0.3, 0.4) is 0 Å². The Labute approximate surface area is 219 Å². The van der Waals surface area contributed by atoms with Crippen molar-refractivity contribution in [1.29, 1.82) is 5.41 Å². The lowest BCUT2D eigenvalue weighted by atomic mass is 10.0. The summed E-state index contributed by atoms with van der Waals surface area (Å²) in [5.41, 5.74) is 5.11. The minimum atomic E-state index is -0.819. The minimum absolute atomic E-state index is 0.0166. The molecule has 0 spiro atoms. The van der Waals surface area contributed by atoms with E-state index in [0.29, 0.717) is 42.4 Å². The number of nitrogens with zero attached hydrogens (tertiary/aromatic N) is 3. The smallest absolute Gasteiger partial charge is 0.145 e. The molecule has 0 saturated carbocycles. The predicted octanol–water partition coefficient (Wildman–Crippen LogP) is 3.87. The van der Waals surface area contributed by atoms with Crippen molar-refractivity contribution in [1.82, 2.24) is 15.0 Å². The Morgan fingerprint density at radius 3 is 2.84 bits per heavy atom. The van der Waals surface area contributed by atoms with Gasteiger partial charge in [0.25, 0.3) is 0 Å². The van der Waals surface area contributed by atoms with Gasteiger partial charge in [-0.1, -0.05) is 0 Å². The third kappa shape index (κ3) is 6.11. The van der Waals surface area contributed by atoms with Gasteiger partial charge in [0.1, 0.15) is 42.3 Å². The average Bonchev–Trinajstić information content (AvgIpc) is 3.34. The normalized spacial score (nSPS) is 15.3. The number of nitrogens with two attached hydrogens (primary N) is 1. The molecule has 1 aliphatic heterocycles. The van der Waals surface area contributed by atoms with E-state index in [1.54, 1.807) is 25.2 Å². The quantitative estimate of drug-likeness (QED) is 0.247. The number of aromatic nitrogens is 3. The van der Waals surface area contributed by atoms with Gasteiger partial charge in [0.15, 0.2) is 0 Å². The Morgan fingerprint density at radius 2 is 2.05 bits per heavy atom. The topological polar surface area (TPSA) is 130 Å². The van der Waals surface area contributed by atoms with Gasteiger partial charge in [-0.2, -0.15) is 0 Å². The summed E-state index contributed by atoms with van der Waals surface area (Å²) in [7, 11) is 0.